The van der Waals surface area contributed by atoms with Crippen molar-refractivity contribution in [2.24, 2.45) is 28.2 Å². The van der Waals surface area contributed by atoms with Crippen LogP contribution in [0.2, 0.25) is 0 Å². The summed E-state index contributed by atoms with van der Waals surface area (Å²) in [4.78, 5) is 30.5. The van der Waals surface area contributed by atoms with Crippen LogP contribution in [0, 0.1) is 23.2 Å². The molecule has 0 amide bonds. The molecule has 0 aromatic carbocycles. The maximum absolute atomic E-state index is 13.1. The van der Waals surface area contributed by atoms with Crippen molar-refractivity contribution in [1.82, 2.24) is 0 Å². The average Bonchev–Trinajstić information content (AvgIpc) is 2.53. The van der Waals surface area contributed by atoms with Crippen molar-refractivity contribution in [2.75, 3.05) is 6.61 Å². The zero-order valence-corrected chi connectivity index (χ0v) is 16.1. The number of ether oxygens (including phenoxy) is 1. The summed E-state index contributed by atoms with van der Waals surface area (Å²) in [5.41, 5.74) is 2.41. The zero-order valence-electron chi connectivity index (χ0n) is 16.1. The Labute approximate surface area is 151 Å². The van der Waals surface area contributed by atoms with Crippen molar-refractivity contribution in [2.45, 2.75) is 72.6 Å². The topological polar surface area (TPSA) is 55.7 Å². The van der Waals surface area contributed by atoms with Crippen LogP contribution in [-0.4, -0.2) is 24.1 Å². The molecule has 3 aliphatic rings. The number of nitrogens with zero attached hydrogens (tertiary/aromatic N) is 1. The highest BCUT2D eigenvalue weighted by Crippen LogP contribution is 2.48. The first-order chi connectivity index (χ1) is 11.8. The van der Waals surface area contributed by atoms with Gasteiger partial charge in [0.2, 0.25) is 0 Å². The van der Waals surface area contributed by atoms with E-state index in [1.54, 1.807) is 0 Å². The molecule has 2 fully saturated rings. The van der Waals surface area contributed by atoms with E-state index in [1.165, 1.54) is 19.3 Å². The Hall–Kier alpha value is -1.45. The molecule has 2 atom stereocenters. The first kappa shape index (κ1) is 18.3. The van der Waals surface area contributed by atoms with Gasteiger partial charge in [-0.25, -0.2) is 4.79 Å². The van der Waals surface area contributed by atoms with E-state index in [4.69, 9.17) is 9.73 Å². The molecule has 0 spiro atoms. The lowest BCUT2D eigenvalue weighted by molar-refractivity contribution is -0.140. The molecule has 2 saturated carbocycles. The number of aliphatic imine (C=N–C) groups is 1. The fraction of sp³-hybridized carbons (Fsp3) is 0.762. The third-order valence-electron chi connectivity index (χ3n) is 6.06. The Kier molecular flexibility index (Phi) is 5.17. The quantitative estimate of drug-likeness (QED) is 0.709. The van der Waals surface area contributed by atoms with E-state index in [0.29, 0.717) is 24.5 Å². The highest BCUT2D eigenvalue weighted by molar-refractivity contribution is 6.11. The first-order valence-electron chi connectivity index (χ1n) is 9.82. The number of hydrogen-bond acceptors (Lipinski definition) is 4. The van der Waals surface area contributed by atoms with Gasteiger partial charge in [0.05, 0.1) is 18.1 Å². The predicted octanol–water partition coefficient (Wildman–Crippen LogP) is 4.48. The minimum atomic E-state index is -0.268. The first-order valence-corrected chi connectivity index (χ1v) is 9.82. The molecular weight excluding hydrogens is 314 g/mol. The highest BCUT2D eigenvalue weighted by atomic mass is 16.5. The molecule has 2 aliphatic carbocycles. The summed E-state index contributed by atoms with van der Waals surface area (Å²) in [7, 11) is 0. The monoisotopic (exact) mass is 345 g/mol. The van der Waals surface area contributed by atoms with Crippen LogP contribution < -0.4 is 0 Å². The molecule has 1 heterocycles. The van der Waals surface area contributed by atoms with Crippen molar-refractivity contribution < 1.29 is 14.3 Å². The number of ketones is 1. The molecule has 138 valence electrons. The van der Waals surface area contributed by atoms with Crippen LogP contribution >= 0.6 is 0 Å². The van der Waals surface area contributed by atoms with Crippen molar-refractivity contribution in [3.8, 4) is 0 Å². The highest BCUT2D eigenvalue weighted by Gasteiger charge is 2.49. The molecule has 3 rings (SSSR count). The predicted molar refractivity (Wildman–Crippen MR) is 98.3 cm³/mol. The lowest BCUT2D eigenvalue weighted by Crippen LogP contribution is -2.47. The molecule has 0 aromatic heterocycles. The normalized spacial score (nSPS) is 29.9. The van der Waals surface area contributed by atoms with Crippen LogP contribution in [0.5, 0.6) is 0 Å². The number of allylic oxidation sites excluding steroid dienone is 1. The van der Waals surface area contributed by atoms with Gasteiger partial charge < -0.3 is 4.74 Å². The van der Waals surface area contributed by atoms with Crippen LogP contribution in [0.4, 0.5) is 0 Å². The molecule has 4 heteroatoms. The molecule has 1 aliphatic heterocycles. The third kappa shape index (κ3) is 3.58. The number of hydrogen-bond donors (Lipinski definition) is 0. The summed E-state index contributed by atoms with van der Waals surface area (Å²) < 4.78 is 5.35. The fourth-order valence-electron chi connectivity index (χ4n) is 5.12. The Balaban J connectivity index is 2.04. The molecule has 4 nitrogen and oxygen atoms in total. The van der Waals surface area contributed by atoms with Gasteiger partial charge in [-0.05, 0) is 44.4 Å². The zero-order chi connectivity index (χ0) is 18.2. The summed E-state index contributed by atoms with van der Waals surface area (Å²) in [5, 5.41) is 0. The minimum absolute atomic E-state index is 0.0320. The van der Waals surface area contributed by atoms with Gasteiger partial charge >= 0.3 is 5.97 Å². The molecular formula is C21H31NO3. The Morgan fingerprint density at radius 2 is 1.88 bits per heavy atom. The van der Waals surface area contributed by atoms with E-state index in [0.717, 1.165) is 30.7 Å². The van der Waals surface area contributed by atoms with E-state index in [-0.39, 0.29) is 29.0 Å². The Morgan fingerprint density at radius 3 is 2.52 bits per heavy atom. The third-order valence-corrected chi connectivity index (χ3v) is 6.06. The molecule has 0 bridgehead atoms. The maximum Gasteiger partial charge on any atom is 0.336 e. The number of fused-ring (bicyclic) bond motifs is 1. The van der Waals surface area contributed by atoms with Gasteiger partial charge in [0.1, 0.15) is 5.78 Å². The van der Waals surface area contributed by atoms with Crippen molar-refractivity contribution >= 4 is 17.5 Å². The lowest BCUT2D eigenvalue weighted by atomic mass is 9.60. The van der Waals surface area contributed by atoms with Crippen LogP contribution in [0.15, 0.2) is 16.3 Å². The van der Waals surface area contributed by atoms with Gasteiger partial charge in [-0.3, -0.25) is 9.79 Å². The van der Waals surface area contributed by atoms with Gasteiger partial charge in [-0.2, -0.15) is 0 Å². The molecule has 0 N–H and O–H groups in total. The summed E-state index contributed by atoms with van der Waals surface area (Å²) in [5.74, 6) is 0.148. The van der Waals surface area contributed by atoms with Gasteiger partial charge in [0.15, 0.2) is 0 Å². The maximum atomic E-state index is 13.1. The van der Waals surface area contributed by atoms with Crippen LogP contribution in [-0.2, 0) is 14.3 Å². The smallest absolute Gasteiger partial charge is 0.336 e. The minimum Gasteiger partial charge on any atom is -0.463 e. The number of rotatable bonds is 3. The second-order valence-electron chi connectivity index (χ2n) is 8.71. The average molecular weight is 345 g/mol. The van der Waals surface area contributed by atoms with Crippen molar-refractivity contribution in [1.29, 1.82) is 0 Å². The summed E-state index contributed by atoms with van der Waals surface area (Å²) in [6.45, 7) is 8.38. The number of esters is 1. The summed E-state index contributed by atoms with van der Waals surface area (Å²) in [6.07, 6.45) is 7.26. The second kappa shape index (κ2) is 7.05. The number of carbonyl (C=O) groups excluding carboxylic acids is 2. The van der Waals surface area contributed by atoms with Gasteiger partial charge in [-0.1, -0.05) is 33.1 Å². The van der Waals surface area contributed by atoms with Crippen LogP contribution in [0.1, 0.15) is 72.6 Å². The standard InChI is InChI=1S/C21H31NO3/c1-5-25-20(24)17-13(2)22-15-11-21(3,4)12-16(23)19(15)18(17)14-9-7-6-8-10-14/h14,18-19H,5-12H2,1-4H3. The van der Waals surface area contributed by atoms with E-state index in [1.807, 2.05) is 13.8 Å². The fourth-order valence-corrected chi connectivity index (χ4v) is 5.12. The Morgan fingerprint density at radius 1 is 1.20 bits per heavy atom. The van der Waals surface area contributed by atoms with Gasteiger partial charge in [0.25, 0.3) is 0 Å². The van der Waals surface area contributed by atoms with E-state index in [2.05, 4.69) is 13.8 Å². The molecule has 0 radical (unpaired) electrons. The van der Waals surface area contributed by atoms with E-state index in [9.17, 15) is 9.59 Å². The second-order valence-corrected chi connectivity index (χ2v) is 8.71. The summed E-state index contributed by atoms with van der Waals surface area (Å²) in [6, 6.07) is 0. The lowest BCUT2D eigenvalue weighted by Gasteiger charge is -2.44. The van der Waals surface area contributed by atoms with Crippen LogP contribution in [0.3, 0.4) is 0 Å². The molecule has 0 aromatic rings. The van der Waals surface area contributed by atoms with E-state index >= 15 is 0 Å². The Bertz CT molecular complexity index is 623. The summed E-state index contributed by atoms with van der Waals surface area (Å²) >= 11 is 0. The van der Waals surface area contributed by atoms with Crippen LogP contribution in [0.25, 0.3) is 0 Å². The SMILES string of the molecule is CCOC(=O)C1=C(C)N=C2CC(C)(C)CC(=O)C2C1C1CCCCC1. The molecule has 0 saturated heterocycles. The van der Waals surface area contributed by atoms with E-state index < -0.39 is 0 Å². The number of Topliss-reactive ketones (excluding diaryl/α,β-unsaturated/α-hetero) is 1. The van der Waals surface area contributed by atoms with Crippen molar-refractivity contribution in [3.05, 3.63) is 11.3 Å². The molecule has 25 heavy (non-hydrogen) atoms. The van der Waals surface area contributed by atoms with Crippen molar-refractivity contribution in [3.63, 3.8) is 0 Å². The van der Waals surface area contributed by atoms with Gasteiger partial charge in [0, 0.05) is 23.7 Å². The molecule has 2 unspecified atom stereocenters. The van der Waals surface area contributed by atoms with Gasteiger partial charge in [-0.15, -0.1) is 0 Å². The largest absolute Gasteiger partial charge is 0.463 e. The number of carbonyl (C=O) groups is 2.